The van der Waals surface area contributed by atoms with E-state index in [-0.39, 0.29) is 12.2 Å². The Hall–Kier alpha value is -2.72. The van der Waals surface area contributed by atoms with Gasteiger partial charge in [0.05, 0.1) is 11.3 Å². The average Bonchev–Trinajstić information content (AvgIpc) is 2.49. The summed E-state index contributed by atoms with van der Waals surface area (Å²) in [7, 11) is 3.29. The van der Waals surface area contributed by atoms with Crippen LogP contribution in [-0.2, 0) is 11.3 Å². The van der Waals surface area contributed by atoms with Gasteiger partial charge in [0.15, 0.2) is 5.82 Å². The maximum Gasteiger partial charge on any atom is 0.158 e. The molecule has 2 rings (SSSR count). The predicted octanol–water partition coefficient (Wildman–Crippen LogP) is 2.42. The van der Waals surface area contributed by atoms with Gasteiger partial charge in [0.2, 0.25) is 0 Å². The lowest BCUT2D eigenvalue weighted by Gasteiger charge is -2.10. The molecular formula is C14H14FN5O. The van der Waals surface area contributed by atoms with Gasteiger partial charge in [-0.05, 0) is 18.2 Å². The van der Waals surface area contributed by atoms with Crippen molar-refractivity contribution in [2.45, 2.75) is 6.61 Å². The van der Waals surface area contributed by atoms with Crippen molar-refractivity contribution < 1.29 is 9.13 Å². The molecule has 6 nitrogen and oxygen atoms in total. The van der Waals surface area contributed by atoms with Gasteiger partial charge in [-0.15, -0.1) is 0 Å². The predicted molar refractivity (Wildman–Crippen MR) is 76.7 cm³/mol. The molecule has 0 atom stereocenters. The number of nitrogens with zero attached hydrogens (tertiary/aromatic N) is 3. The molecule has 108 valence electrons. The second-order valence-electron chi connectivity index (χ2n) is 4.16. The van der Waals surface area contributed by atoms with Crippen LogP contribution >= 0.6 is 0 Å². The van der Waals surface area contributed by atoms with Gasteiger partial charge in [0.25, 0.3) is 0 Å². The summed E-state index contributed by atoms with van der Waals surface area (Å²) in [4.78, 5) is 8.50. The van der Waals surface area contributed by atoms with Crippen molar-refractivity contribution >= 4 is 17.3 Å². The van der Waals surface area contributed by atoms with Crippen LogP contribution in [0, 0.1) is 17.1 Å². The standard InChI is InChI=1S/C14H14FN5O/c1-17-12-6-13(20-14(19-12)8-21-2)18-11-4-3-10(15)5-9(11)7-16/h3-6H,8H2,1-2H3,(H2,17,18,19,20). The molecule has 7 heteroatoms. The van der Waals surface area contributed by atoms with Gasteiger partial charge < -0.3 is 15.4 Å². The highest BCUT2D eigenvalue weighted by Gasteiger charge is 2.08. The Morgan fingerprint density at radius 2 is 2.05 bits per heavy atom. The Kier molecular flexibility index (Phi) is 4.64. The minimum Gasteiger partial charge on any atom is -0.377 e. The van der Waals surface area contributed by atoms with Gasteiger partial charge >= 0.3 is 0 Å². The maximum absolute atomic E-state index is 13.1. The number of ether oxygens (including phenoxy) is 1. The van der Waals surface area contributed by atoms with Gasteiger partial charge in [0, 0.05) is 20.2 Å². The molecule has 0 bridgehead atoms. The maximum atomic E-state index is 13.1. The first kappa shape index (κ1) is 14.7. The molecule has 0 fully saturated rings. The molecule has 21 heavy (non-hydrogen) atoms. The minimum absolute atomic E-state index is 0.202. The fraction of sp³-hybridized carbons (Fsp3) is 0.214. The Morgan fingerprint density at radius 3 is 2.71 bits per heavy atom. The molecule has 2 aromatic rings. The van der Waals surface area contributed by atoms with Crippen LogP contribution in [0.5, 0.6) is 0 Å². The molecule has 0 aliphatic carbocycles. The lowest BCUT2D eigenvalue weighted by atomic mass is 10.2. The van der Waals surface area contributed by atoms with E-state index in [4.69, 9.17) is 10.00 Å². The number of methoxy groups -OCH3 is 1. The van der Waals surface area contributed by atoms with Crippen LogP contribution in [0.15, 0.2) is 24.3 Å². The van der Waals surface area contributed by atoms with Crippen LogP contribution < -0.4 is 10.6 Å². The normalized spacial score (nSPS) is 10.0. The van der Waals surface area contributed by atoms with E-state index in [2.05, 4.69) is 20.6 Å². The van der Waals surface area contributed by atoms with E-state index >= 15 is 0 Å². The second-order valence-corrected chi connectivity index (χ2v) is 4.16. The Balaban J connectivity index is 2.35. The van der Waals surface area contributed by atoms with Gasteiger partial charge in [-0.1, -0.05) is 0 Å². The van der Waals surface area contributed by atoms with Crippen LogP contribution in [0.1, 0.15) is 11.4 Å². The van der Waals surface area contributed by atoms with Crippen LogP contribution in [0.4, 0.5) is 21.7 Å². The first-order chi connectivity index (χ1) is 10.2. The molecule has 1 heterocycles. The SMILES string of the molecule is CNc1cc(Nc2ccc(F)cc2C#N)nc(COC)n1. The number of anilines is 3. The van der Waals surface area contributed by atoms with Crippen LogP contribution in [0.3, 0.4) is 0 Å². The van der Waals surface area contributed by atoms with E-state index in [9.17, 15) is 4.39 Å². The third-order valence-electron chi connectivity index (χ3n) is 2.67. The summed E-state index contributed by atoms with van der Waals surface area (Å²) in [6, 6.07) is 7.56. The number of aromatic nitrogens is 2. The number of rotatable bonds is 5. The van der Waals surface area contributed by atoms with Crippen molar-refractivity contribution in [2.75, 3.05) is 24.8 Å². The molecule has 0 aliphatic rings. The molecule has 0 spiro atoms. The van der Waals surface area contributed by atoms with Crippen LogP contribution in [0.25, 0.3) is 0 Å². The summed E-state index contributed by atoms with van der Waals surface area (Å²) in [5.74, 6) is 1.13. The zero-order valence-electron chi connectivity index (χ0n) is 11.6. The molecule has 0 saturated heterocycles. The highest BCUT2D eigenvalue weighted by Crippen LogP contribution is 2.21. The Labute approximate surface area is 121 Å². The van der Waals surface area contributed by atoms with E-state index < -0.39 is 5.82 Å². The average molecular weight is 287 g/mol. The fourth-order valence-electron chi connectivity index (χ4n) is 1.74. The quantitative estimate of drug-likeness (QED) is 0.878. The molecule has 2 N–H and O–H groups in total. The lowest BCUT2D eigenvalue weighted by Crippen LogP contribution is -2.05. The highest BCUT2D eigenvalue weighted by atomic mass is 19.1. The van der Waals surface area contributed by atoms with E-state index in [1.807, 2.05) is 6.07 Å². The molecule has 0 amide bonds. The van der Waals surface area contributed by atoms with Crippen LogP contribution in [0.2, 0.25) is 0 Å². The van der Waals surface area contributed by atoms with E-state index in [0.717, 1.165) is 0 Å². The topological polar surface area (TPSA) is 82.9 Å². The smallest absolute Gasteiger partial charge is 0.158 e. The lowest BCUT2D eigenvalue weighted by molar-refractivity contribution is 0.178. The van der Waals surface area contributed by atoms with E-state index in [1.54, 1.807) is 20.2 Å². The molecule has 0 saturated carbocycles. The summed E-state index contributed by atoms with van der Waals surface area (Å²) in [5, 5.41) is 14.9. The number of halogens is 1. The van der Waals surface area contributed by atoms with Gasteiger partial charge in [0.1, 0.15) is 30.1 Å². The van der Waals surface area contributed by atoms with E-state index in [0.29, 0.717) is 23.1 Å². The number of hydrogen-bond acceptors (Lipinski definition) is 6. The number of nitrogens with one attached hydrogen (secondary N) is 2. The van der Waals surface area contributed by atoms with Crippen molar-refractivity contribution in [3.05, 3.63) is 41.5 Å². The molecule has 0 unspecified atom stereocenters. The Morgan fingerprint density at radius 1 is 1.29 bits per heavy atom. The zero-order chi connectivity index (χ0) is 15.2. The van der Waals surface area contributed by atoms with Gasteiger partial charge in [-0.2, -0.15) is 5.26 Å². The first-order valence-corrected chi connectivity index (χ1v) is 6.17. The molecule has 0 aliphatic heterocycles. The minimum atomic E-state index is -0.462. The second kappa shape index (κ2) is 6.63. The van der Waals surface area contributed by atoms with Gasteiger partial charge in [-0.25, -0.2) is 14.4 Å². The largest absolute Gasteiger partial charge is 0.377 e. The van der Waals surface area contributed by atoms with E-state index in [1.165, 1.54) is 18.2 Å². The zero-order valence-corrected chi connectivity index (χ0v) is 11.6. The van der Waals surface area contributed by atoms with Crippen molar-refractivity contribution in [3.63, 3.8) is 0 Å². The highest BCUT2D eigenvalue weighted by molar-refractivity contribution is 5.65. The van der Waals surface area contributed by atoms with Crippen molar-refractivity contribution in [1.82, 2.24) is 9.97 Å². The van der Waals surface area contributed by atoms with Crippen molar-refractivity contribution in [1.29, 1.82) is 5.26 Å². The van der Waals surface area contributed by atoms with Crippen molar-refractivity contribution in [2.24, 2.45) is 0 Å². The summed E-state index contributed by atoms with van der Waals surface area (Å²) < 4.78 is 18.1. The summed E-state index contributed by atoms with van der Waals surface area (Å²) >= 11 is 0. The number of hydrogen-bond donors (Lipinski definition) is 2. The summed E-state index contributed by atoms with van der Waals surface area (Å²) in [5.41, 5.74) is 0.677. The molecule has 0 radical (unpaired) electrons. The third kappa shape index (κ3) is 3.64. The summed E-state index contributed by atoms with van der Waals surface area (Å²) in [6.07, 6.45) is 0. The molecule has 1 aromatic carbocycles. The van der Waals surface area contributed by atoms with Crippen LogP contribution in [-0.4, -0.2) is 24.1 Å². The Bertz CT molecular complexity index is 684. The number of nitriles is 1. The molecular weight excluding hydrogens is 273 g/mol. The van der Waals surface area contributed by atoms with Gasteiger partial charge in [-0.3, -0.25) is 0 Å². The van der Waals surface area contributed by atoms with Crippen molar-refractivity contribution in [3.8, 4) is 6.07 Å². The fourth-order valence-corrected chi connectivity index (χ4v) is 1.74. The summed E-state index contributed by atoms with van der Waals surface area (Å²) in [6.45, 7) is 0.263. The molecule has 1 aromatic heterocycles. The first-order valence-electron chi connectivity index (χ1n) is 6.17. The monoisotopic (exact) mass is 287 g/mol. The third-order valence-corrected chi connectivity index (χ3v) is 2.67. The number of benzene rings is 1.